The molecule has 0 radical (unpaired) electrons. The van der Waals surface area contributed by atoms with Crippen molar-refractivity contribution in [1.29, 1.82) is 0 Å². The van der Waals surface area contributed by atoms with E-state index in [9.17, 15) is 17.6 Å². The summed E-state index contributed by atoms with van der Waals surface area (Å²) in [5, 5.41) is 0. The Labute approximate surface area is 194 Å². The van der Waals surface area contributed by atoms with Crippen molar-refractivity contribution in [2.45, 2.75) is 29.7 Å². The smallest absolute Gasteiger partial charge is 0.240 e. The van der Waals surface area contributed by atoms with Gasteiger partial charge in [0.15, 0.2) is 0 Å². The maximum absolute atomic E-state index is 13.5. The fourth-order valence-electron chi connectivity index (χ4n) is 4.80. The monoisotopic (exact) mass is 475 g/mol. The zero-order valence-corrected chi connectivity index (χ0v) is 19.7. The molecule has 1 heterocycles. The molecule has 1 N–H and O–H groups in total. The van der Waals surface area contributed by atoms with Gasteiger partial charge in [0.25, 0.3) is 0 Å². The van der Waals surface area contributed by atoms with Crippen molar-refractivity contribution < 1.29 is 22.3 Å². The fourth-order valence-corrected chi connectivity index (χ4v) is 6.10. The Morgan fingerprint density at radius 2 is 1.76 bits per heavy atom. The van der Waals surface area contributed by atoms with Crippen molar-refractivity contribution in [3.63, 3.8) is 0 Å². The van der Waals surface area contributed by atoms with Crippen LogP contribution in [0.3, 0.4) is 0 Å². The molecule has 1 aliphatic carbocycles. The Balaban J connectivity index is 1.56. The number of rotatable bonds is 6. The molecule has 0 bridgehead atoms. The van der Waals surface area contributed by atoms with Crippen LogP contribution in [0.1, 0.15) is 24.3 Å². The Morgan fingerprint density at radius 3 is 2.42 bits per heavy atom. The molecule has 0 unspecified atom stereocenters. The Bertz CT molecular complexity index is 1090. The van der Waals surface area contributed by atoms with Crippen molar-refractivity contribution in [3.05, 3.63) is 59.9 Å². The van der Waals surface area contributed by atoms with Crippen molar-refractivity contribution >= 4 is 15.9 Å². The van der Waals surface area contributed by atoms with Crippen LogP contribution in [0, 0.1) is 11.7 Å². The van der Waals surface area contributed by atoms with Gasteiger partial charge in [0.2, 0.25) is 15.9 Å². The van der Waals surface area contributed by atoms with E-state index in [2.05, 4.69) is 9.62 Å². The molecular weight excluding hydrogens is 445 g/mol. The number of amides is 1. The Hall–Kier alpha value is -2.49. The van der Waals surface area contributed by atoms with Gasteiger partial charge in [0.05, 0.1) is 12.0 Å². The van der Waals surface area contributed by atoms with Crippen LogP contribution in [0.5, 0.6) is 5.75 Å². The lowest BCUT2D eigenvalue weighted by molar-refractivity contribution is -0.137. The summed E-state index contributed by atoms with van der Waals surface area (Å²) < 4.78 is 47.6. The number of hydrogen-bond donors (Lipinski definition) is 1. The lowest BCUT2D eigenvalue weighted by Gasteiger charge is -2.35. The van der Waals surface area contributed by atoms with E-state index in [4.69, 9.17) is 4.74 Å². The summed E-state index contributed by atoms with van der Waals surface area (Å²) in [5.74, 6) is -0.390. The topological polar surface area (TPSA) is 78.9 Å². The van der Waals surface area contributed by atoms with Crippen LogP contribution in [0.2, 0.25) is 0 Å². The number of halogens is 1. The maximum Gasteiger partial charge on any atom is 0.240 e. The lowest BCUT2D eigenvalue weighted by Crippen LogP contribution is -2.49. The van der Waals surface area contributed by atoms with Gasteiger partial charge < -0.3 is 14.5 Å². The fraction of sp³-hybridized carbons (Fsp3) is 0.458. The average Bonchev–Trinajstić information content (AvgIpc) is 3.22. The second-order valence-electron chi connectivity index (χ2n) is 8.86. The van der Waals surface area contributed by atoms with Gasteiger partial charge in [-0.05, 0) is 55.6 Å². The summed E-state index contributed by atoms with van der Waals surface area (Å²) in [6.45, 7) is 2.93. The number of carbonyl (C=O) groups is 1. The van der Waals surface area contributed by atoms with Gasteiger partial charge in [-0.3, -0.25) is 4.79 Å². The van der Waals surface area contributed by atoms with Gasteiger partial charge in [-0.2, -0.15) is 0 Å². The number of nitrogens with one attached hydrogen (secondary N) is 1. The highest BCUT2D eigenvalue weighted by Crippen LogP contribution is 2.41. The standard InChI is InChI=1S/C24H30FN3O4S/c1-27-10-12-28(13-11-27)24(29)23-15-19(14-22(23)17-6-8-18(25)9-7-17)26-33(30,31)21-5-3-4-20(16-21)32-2/h3-9,16,19,22-23,26H,10-15H2,1-2H3/t19-,22+,23-/m0/s1. The van der Waals surface area contributed by atoms with Crippen molar-refractivity contribution in [3.8, 4) is 5.75 Å². The summed E-state index contributed by atoms with van der Waals surface area (Å²) in [4.78, 5) is 17.6. The van der Waals surface area contributed by atoms with Gasteiger partial charge in [-0.1, -0.05) is 18.2 Å². The van der Waals surface area contributed by atoms with Gasteiger partial charge in [-0.25, -0.2) is 17.5 Å². The summed E-state index contributed by atoms with van der Waals surface area (Å²) in [6.07, 6.45) is 0.870. The molecule has 0 aromatic heterocycles. The largest absolute Gasteiger partial charge is 0.497 e. The molecule has 4 rings (SSSR count). The second-order valence-corrected chi connectivity index (χ2v) is 10.6. The third kappa shape index (κ3) is 5.37. The first-order chi connectivity index (χ1) is 15.8. The molecule has 1 saturated heterocycles. The summed E-state index contributed by atoms with van der Waals surface area (Å²) in [6, 6.07) is 12.1. The van der Waals surface area contributed by atoms with Gasteiger partial charge >= 0.3 is 0 Å². The van der Waals surface area contributed by atoms with E-state index in [0.717, 1.165) is 18.7 Å². The number of piperazine rings is 1. The minimum absolute atomic E-state index is 0.0421. The third-order valence-electron chi connectivity index (χ3n) is 6.67. The molecule has 7 nitrogen and oxygen atoms in total. The van der Waals surface area contributed by atoms with Crippen LogP contribution >= 0.6 is 0 Å². The predicted octanol–water partition coefficient (Wildman–Crippen LogP) is 2.45. The van der Waals surface area contributed by atoms with Crippen LogP contribution in [0.4, 0.5) is 4.39 Å². The third-order valence-corrected chi connectivity index (χ3v) is 8.18. The average molecular weight is 476 g/mol. The zero-order chi connectivity index (χ0) is 23.6. The molecule has 0 spiro atoms. The summed E-state index contributed by atoms with van der Waals surface area (Å²) >= 11 is 0. The van der Waals surface area contributed by atoms with Crippen LogP contribution < -0.4 is 9.46 Å². The van der Waals surface area contributed by atoms with Gasteiger partial charge in [0.1, 0.15) is 11.6 Å². The van der Waals surface area contributed by atoms with E-state index in [1.165, 1.54) is 31.4 Å². The number of hydrogen-bond acceptors (Lipinski definition) is 5. The lowest BCUT2D eigenvalue weighted by atomic mass is 9.88. The number of methoxy groups -OCH3 is 1. The Morgan fingerprint density at radius 1 is 1.06 bits per heavy atom. The molecule has 2 aromatic rings. The highest BCUT2D eigenvalue weighted by atomic mass is 32.2. The van der Waals surface area contributed by atoms with Crippen molar-refractivity contribution in [1.82, 2.24) is 14.5 Å². The molecule has 9 heteroatoms. The number of sulfonamides is 1. The van der Waals surface area contributed by atoms with E-state index >= 15 is 0 Å². The quantitative estimate of drug-likeness (QED) is 0.695. The van der Waals surface area contributed by atoms with Gasteiger partial charge in [-0.15, -0.1) is 0 Å². The molecule has 1 saturated carbocycles. The van der Waals surface area contributed by atoms with Crippen molar-refractivity contribution in [2.24, 2.45) is 5.92 Å². The minimum atomic E-state index is -3.79. The minimum Gasteiger partial charge on any atom is -0.497 e. The molecule has 178 valence electrons. The SMILES string of the molecule is COc1cccc(S(=O)(=O)N[C@@H]2C[C@H](C(=O)N3CCN(C)CC3)[C@@H](c3ccc(F)cc3)C2)c1. The second kappa shape index (κ2) is 9.79. The van der Waals surface area contributed by atoms with Crippen LogP contribution in [0.25, 0.3) is 0 Å². The number of benzene rings is 2. The first kappa shape index (κ1) is 23.7. The molecule has 2 aromatic carbocycles. The number of likely N-dealkylation sites (N-methyl/N-ethyl adjacent to an activating group) is 1. The van der Waals surface area contributed by atoms with Crippen LogP contribution in [-0.4, -0.2) is 70.5 Å². The van der Waals surface area contributed by atoms with E-state index in [0.29, 0.717) is 31.7 Å². The van der Waals surface area contributed by atoms with E-state index < -0.39 is 16.1 Å². The number of carbonyl (C=O) groups excluding carboxylic acids is 1. The first-order valence-electron chi connectivity index (χ1n) is 11.2. The van der Waals surface area contributed by atoms with E-state index in [-0.39, 0.29) is 28.5 Å². The normalized spacial score (nSPS) is 24.1. The molecular formula is C24H30FN3O4S. The van der Waals surface area contributed by atoms with E-state index in [1.807, 2.05) is 11.9 Å². The highest BCUT2D eigenvalue weighted by molar-refractivity contribution is 7.89. The molecule has 1 amide bonds. The number of ether oxygens (including phenoxy) is 1. The van der Waals surface area contributed by atoms with Crippen LogP contribution in [-0.2, 0) is 14.8 Å². The first-order valence-corrected chi connectivity index (χ1v) is 12.6. The molecule has 1 aliphatic heterocycles. The number of nitrogens with zero attached hydrogens (tertiary/aromatic N) is 2. The van der Waals surface area contributed by atoms with Gasteiger partial charge in [0, 0.05) is 44.2 Å². The predicted molar refractivity (Wildman–Crippen MR) is 123 cm³/mol. The van der Waals surface area contributed by atoms with Crippen molar-refractivity contribution in [2.75, 3.05) is 40.3 Å². The zero-order valence-electron chi connectivity index (χ0n) is 18.9. The Kier molecular flexibility index (Phi) is 7.02. The summed E-state index contributed by atoms with van der Waals surface area (Å²) in [7, 11) is -0.278. The van der Waals surface area contributed by atoms with Crippen LogP contribution in [0.15, 0.2) is 53.4 Å². The summed E-state index contributed by atoms with van der Waals surface area (Å²) in [5.41, 5.74) is 0.854. The molecule has 2 aliphatic rings. The maximum atomic E-state index is 13.5. The highest BCUT2D eigenvalue weighted by Gasteiger charge is 2.43. The van der Waals surface area contributed by atoms with E-state index in [1.54, 1.807) is 24.3 Å². The molecule has 3 atom stereocenters. The molecule has 33 heavy (non-hydrogen) atoms. The molecule has 2 fully saturated rings.